The summed E-state index contributed by atoms with van der Waals surface area (Å²) in [6, 6.07) is 1.21. The average Bonchev–Trinajstić information content (AvgIpc) is 1.81. The van der Waals surface area contributed by atoms with Gasteiger partial charge in [0, 0.05) is 5.88 Å². The second-order valence-electron chi connectivity index (χ2n) is 3.72. The Labute approximate surface area is 78.0 Å². The molecular formula is C7H19ClOSi2. The van der Waals surface area contributed by atoms with Crippen LogP contribution in [0.5, 0.6) is 0 Å². The van der Waals surface area contributed by atoms with E-state index in [0.29, 0.717) is 0 Å². The lowest BCUT2D eigenvalue weighted by atomic mass is 10.6. The first-order chi connectivity index (χ1) is 4.98. The van der Waals surface area contributed by atoms with Crippen molar-refractivity contribution < 1.29 is 4.12 Å². The van der Waals surface area contributed by atoms with Crippen molar-refractivity contribution in [2.24, 2.45) is 0 Å². The van der Waals surface area contributed by atoms with Gasteiger partial charge in [-0.05, 0) is 38.7 Å². The van der Waals surface area contributed by atoms with Crippen LogP contribution in [0.25, 0.3) is 0 Å². The molecule has 0 bridgehead atoms. The Kier molecular flexibility index (Phi) is 5.68. The summed E-state index contributed by atoms with van der Waals surface area (Å²) in [6.07, 6.45) is 1.11. The molecular weight excluding hydrogens is 192 g/mol. The summed E-state index contributed by atoms with van der Waals surface area (Å²) in [5, 5.41) is 0. The molecule has 0 aliphatic rings. The molecule has 0 radical (unpaired) electrons. The Morgan fingerprint density at radius 1 is 1.36 bits per heavy atom. The van der Waals surface area contributed by atoms with Crippen LogP contribution < -0.4 is 0 Å². The van der Waals surface area contributed by atoms with Crippen LogP contribution in [0.4, 0.5) is 0 Å². The van der Waals surface area contributed by atoms with E-state index in [0.717, 1.165) is 12.3 Å². The number of alkyl halides is 1. The van der Waals surface area contributed by atoms with Crippen molar-refractivity contribution in [1.29, 1.82) is 0 Å². The van der Waals surface area contributed by atoms with Crippen molar-refractivity contribution in [3.63, 3.8) is 0 Å². The van der Waals surface area contributed by atoms with Crippen LogP contribution in [0.3, 0.4) is 0 Å². The summed E-state index contributed by atoms with van der Waals surface area (Å²) in [5.41, 5.74) is 0. The van der Waals surface area contributed by atoms with E-state index in [4.69, 9.17) is 15.7 Å². The lowest BCUT2D eigenvalue weighted by molar-refractivity contribution is 0.569. The highest BCUT2D eigenvalue weighted by atomic mass is 35.5. The minimum Gasteiger partial charge on any atom is -0.458 e. The molecule has 0 amide bonds. The normalized spacial score (nSPS) is 12.5. The van der Waals surface area contributed by atoms with Crippen LogP contribution in [0.15, 0.2) is 0 Å². The molecule has 4 heteroatoms. The number of hydrogen-bond donors (Lipinski definition) is 0. The highest BCUT2D eigenvalue weighted by Crippen LogP contribution is 2.15. The lowest BCUT2D eigenvalue weighted by Gasteiger charge is -2.25. The Balaban J connectivity index is 3.61. The standard InChI is InChI=1S/C7H19ClOSi2/c1-10(2)9-11(3,4)7-5-6-8/h10H,5-7H2,1-4H3. The molecule has 0 heterocycles. The molecule has 0 atom stereocenters. The Bertz CT molecular complexity index is 107. The SMILES string of the molecule is C[SiH](C)O[Si](C)(C)CCCCl. The zero-order chi connectivity index (χ0) is 8.91. The van der Waals surface area contributed by atoms with Crippen LogP contribution in [-0.4, -0.2) is 23.2 Å². The van der Waals surface area contributed by atoms with Gasteiger partial charge in [0.15, 0.2) is 17.4 Å². The number of halogens is 1. The first kappa shape index (κ1) is 11.7. The second kappa shape index (κ2) is 5.35. The van der Waals surface area contributed by atoms with Gasteiger partial charge in [0.2, 0.25) is 0 Å². The quantitative estimate of drug-likeness (QED) is 0.501. The predicted octanol–water partition coefficient (Wildman–Crippen LogP) is 2.82. The summed E-state index contributed by atoms with van der Waals surface area (Å²) in [7, 11) is -2.13. The van der Waals surface area contributed by atoms with Gasteiger partial charge in [-0.25, -0.2) is 0 Å². The summed E-state index contributed by atoms with van der Waals surface area (Å²) >= 11 is 5.62. The van der Waals surface area contributed by atoms with Crippen LogP contribution in [0.1, 0.15) is 6.42 Å². The van der Waals surface area contributed by atoms with Gasteiger partial charge in [-0.15, -0.1) is 11.6 Å². The molecule has 0 saturated carbocycles. The fourth-order valence-electron chi connectivity index (χ4n) is 1.19. The molecule has 0 aliphatic heterocycles. The minimum absolute atomic E-state index is 0.777. The van der Waals surface area contributed by atoms with E-state index >= 15 is 0 Å². The largest absolute Gasteiger partial charge is 0.458 e. The summed E-state index contributed by atoms with van der Waals surface area (Å²) in [4.78, 5) is 0. The highest BCUT2D eigenvalue weighted by molar-refractivity contribution is 6.77. The number of hydrogen-bond acceptors (Lipinski definition) is 1. The Morgan fingerprint density at radius 3 is 2.27 bits per heavy atom. The lowest BCUT2D eigenvalue weighted by Crippen LogP contribution is -2.35. The maximum Gasteiger partial charge on any atom is 0.173 e. The summed E-state index contributed by atoms with van der Waals surface area (Å²) < 4.78 is 5.96. The van der Waals surface area contributed by atoms with Crippen molar-refractivity contribution in [1.82, 2.24) is 0 Å². The molecule has 11 heavy (non-hydrogen) atoms. The Morgan fingerprint density at radius 2 is 1.91 bits per heavy atom. The van der Waals surface area contributed by atoms with E-state index in [-0.39, 0.29) is 0 Å². The molecule has 0 N–H and O–H groups in total. The molecule has 0 rings (SSSR count). The monoisotopic (exact) mass is 210 g/mol. The van der Waals surface area contributed by atoms with Crippen molar-refractivity contribution >= 4 is 29.0 Å². The second-order valence-corrected chi connectivity index (χ2v) is 11.2. The third-order valence-electron chi connectivity index (χ3n) is 1.47. The molecule has 0 saturated heterocycles. The summed E-state index contributed by atoms with van der Waals surface area (Å²) in [5.74, 6) is 0.777. The van der Waals surface area contributed by atoms with Gasteiger partial charge in [-0.1, -0.05) is 0 Å². The minimum atomic E-state index is -1.31. The third kappa shape index (κ3) is 7.06. The van der Waals surface area contributed by atoms with Crippen LogP contribution in [0.2, 0.25) is 32.2 Å². The van der Waals surface area contributed by atoms with Crippen LogP contribution >= 0.6 is 11.6 Å². The molecule has 0 aliphatic carbocycles. The smallest absolute Gasteiger partial charge is 0.173 e. The molecule has 0 unspecified atom stereocenters. The zero-order valence-corrected chi connectivity index (χ0v) is 10.9. The third-order valence-corrected chi connectivity index (χ3v) is 7.73. The fraction of sp³-hybridized carbons (Fsp3) is 1.00. The molecule has 0 fully saturated rings. The van der Waals surface area contributed by atoms with Crippen LogP contribution in [-0.2, 0) is 4.12 Å². The van der Waals surface area contributed by atoms with Gasteiger partial charge in [0.05, 0.1) is 0 Å². The highest BCUT2D eigenvalue weighted by Gasteiger charge is 2.22. The van der Waals surface area contributed by atoms with E-state index in [1.54, 1.807) is 0 Å². The Hall–Kier alpha value is 0.684. The molecule has 68 valence electrons. The van der Waals surface area contributed by atoms with Crippen molar-refractivity contribution in [3.8, 4) is 0 Å². The van der Waals surface area contributed by atoms with E-state index < -0.39 is 17.4 Å². The molecule has 0 spiro atoms. The average molecular weight is 211 g/mol. The summed E-state index contributed by atoms with van der Waals surface area (Å²) in [6.45, 7) is 9.03. The molecule has 1 nitrogen and oxygen atoms in total. The molecule has 0 aromatic heterocycles. The van der Waals surface area contributed by atoms with Crippen LogP contribution in [0, 0.1) is 0 Å². The molecule has 0 aromatic carbocycles. The maximum atomic E-state index is 5.96. The first-order valence-electron chi connectivity index (χ1n) is 4.22. The van der Waals surface area contributed by atoms with E-state index in [2.05, 4.69) is 26.2 Å². The topological polar surface area (TPSA) is 9.23 Å². The van der Waals surface area contributed by atoms with Gasteiger partial charge in [-0.3, -0.25) is 0 Å². The predicted molar refractivity (Wildman–Crippen MR) is 57.6 cm³/mol. The van der Waals surface area contributed by atoms with Gasteiger partial charge >= 0.3 is 0 Å². The van der Waals surface area contributed by atoms with Gasteiger partial charge in [-0.2, -0.15) is 0 Å². The van der Waals surface area contributed by atoms with Crippen molar-refractivity contribution in [2.45, 2.75) is 38.7 Å². The number of rotatable bonds is 5. The fourth-order valence-corrected chi connectivity index (χ4v) is 8.15. The maximum absolute atomic E-state index is 5.96. The van der Waals surface area contributed by atoms with Gasteiger partial charge in [0.1, 0.15) is 0 Å². The first-order valence-corrected chi connectivity index (χ1v) is 10.6. The van der Waals surface area contributed by atoms with E-state index in [9.17, 15) is 0 Å². The van der Waals surface area contributed by atoms with Gasteiger partial charge in [0.25, 0.3) is 0 Å². The van der Waals surface area contributed by atoms with Gasteiger partial charge < -0.3 is 4.12 Å². The van der Waals surface area contributed by atoms with Crippen molar-refractivity contribution in [2.75, 3.05) is 5.88 Å². The van der Waals surface area contributed by atoms with Crippen molar-refractivity contribution in [3.05, 3.63) is 0 Å². The van der Waals surface area contributed by atoms with E-state index in [1.165, 1.54) is 6.04 Å². The van der Waals surface area contributed by atoms with E-state index in [1.807, 2.05) is 0 Å². The molecule has 0 aromatic rings. The zero-order valence-electron chi connectivity index (χ0n) is 7.98.